The number of hydrogen-bond acceptors (Lipinski definition) is 4. The number of carbonyl (C=O) groups excluding carboxylic acids is 2. The summed E-state index contributed by atoms with van der Waals surface area (Å²) in [7, 11) is 0. The van der Waals surface area contributed by atoms with E-state index in [9.17, 15) is 9.59 Å². The fraction of sp³-hybridized carbons (Fsp3) is 0.200. The van der Waals surface area contributed by atoms with Crippen molar-refractivity contribution in [1.82, 2.24) is 20.1 Å². The third-order valence-electron chi connectivity index (χ3n) is 4.02. The lowest BCUT2D eigenvalue weighted by molar-refractivity contribution is -0.116. The smallest absolute Gasteiger partial charge is 0.251 e. The average Bonchev–Trinajstić information content (AvgIpc) is 3.20. The largest absolute Gasteiger partial charge is 0.352 e. The normalized spacial score (nSPS) is 10.5. The van der Waals surface area contributed by atoms with Gasteiger partial charge in [0.15, 0.2) is 0 Å². The quantitative estimate of drug-likeness (QED) is 0.571. The van der Waals surface area contributed by atoms with Gasteiger partial charge >= 0.3 is 0 Å². The minimum atomic E-state index is -0.181. The molecule has 1 heterocycles. The van der Waals surface area contributed by atoms with E-state index in [1.54, 1.807) is 35.3 Å². The summed E-state index contributed by atoms with van der Waals surface area (Å²) in [5.74, 6) is -0.273. The first-order chi connectivity index (χ1) is 13.6. The van der Waals surface area contributed by atoms with Crippen LogP contribution in [0.15, 0.2) is 61.2 Å². The van der Waals surface area contributed by atoms with Gasteiger partial charge in [0, 0.05) is 29.2 Å². The summed E-state index contributed by atoms with van der Waals surface area (Å²) in [5.41, 5.74) is 2.34. The van der Waals surface area contributed by atoms with Crippen LogP contribution in [0.1, 0.15) is 28.8 Å². The van der Waals surface area contributed by atoms with E-state index in [4.69, 9.17) is 11.6 Å². The number of amides is 2. The Bertz CT molecular complexity index is 909. The number of hydrogen-bond donors (Lipinski definition) is 2. The summed E-state index contributed by atoms with van der Waals surface area (Å²) >= 11 is 5.80. The molecular weight excluding hydrogens is 378 g/mol. The Morgan fingerprint density at radius 1 is 1.04 bits per heavy atom. The molecule has 0 bridgehead atoms. The SMILES string of the molecule is O=C(CCCNC(=O)c1ccc(Cl)cc1)Nc1ccc(Cn2cncn2)cc1. The van der Waals surface area contributed by atoms with Gasteiger partial charge in [-0.2, -0.15) is 5.10 Å². The molecule has 0 aliphatic carbocycles. The number of carbonyl (C=O) groups is 2. The maximum absolute atomic E-state index is 12.0. The molecule has 2 N–H and O–H groups in total. The molecule has 28 heavy (non-hydrogen) atoms. The number of rotatable bonds is 8. The highest BCUT2D eigenvalue weighted by Crippen LogP contribution is 2.11. The first kappa shape index (κ1) is 19.6. The molecular formula is C20H20ClN5O2. The van der Waals surface area contributed by atoms with Crippen LogP contribution >= 0.6 is 11.6 Å². The highest BCUT2D eigenvalue weighted by molar-refractivity contribution is 6.30. The van der Waals surface area contributed by atoms with Crippen molar-refractivity contribution < 1.29 is 9.59 Å². The van der Waals surface area contributed by atoms with Gasteiger partial charge in [0.05, 0.1) is 6.54 Å². The number of benzene rings is 2. The Morgan fingerprint density at radius 2 is 1.79 bits per heavy atom. The highest BCUT2D eigenvalue weighted by Gasteiger charge is 2.06. The molecule has 7 nitrogen and oxygen atoms in total. The van der Waals surface area contributed by atoms with Crippen LogP contribution in [0, 0.1) is 0 Å². The van der Waals surface area contributed by atoms with Crippen molar-refractivity contribution in [3.05, 3.63) is 77.3 Å². The zero-order chi connectivity index (χ0) is 19.8. The highest BCUT2D eigenvalue weighted by atomic mass is 35.5. The van der Waals surface area contributed by atoms with E-state index in [2.05, 4.69) is 20.7 Å². The van der Waals surface area contributed by atoms with Crippen LogP contribution in [-0.2, 0) is 11.3 Å². The van der Waals surface area contributed by atoms with Crippen LogP contribution in [0.4, 0.5) is 5.69 Å². The van der Waals surface area contributed by atoms with Gasteiger partial charge in [0.25, 0.3) is 5.91 Å². The second-order valence-corrected chi connectivity index (χ2v) is 6.64. The lowest BCUT2D eigenvalue weighted by Gasteiger charge is -2.08. The predicted octanol–water partition coefficient (Wildman–Crippen LogP) is 3.13. The fourth-order valence-corrected chi connectivity index (χ4v) is 2.70. The van der Waals surface area contributed by atoms with Crippen LogP contribution in [-0.4, -0.2) is 33.1 Å². The lowest BCUT2D eigenvalue weighted by Crippen LogP contribution is -2.25. The number of nitrogens with zero attached hydrogens (tertiary/aromatic N) is 3. The van der Waals surface area contributed by atoms with Gasteiger partial charge in [0.1, 0.15) is 12.7 Å². The molecule has 0 unspecified atom stereocenters. The lowest BCUT2D eigenvalue weighted by atomic mass is 10.2. The van der Waals surface area contributed by atoms with Crippen molar-refractivity contribution in [3.8, 4) is 0 Å². The van der Waals surface area contributed by atoms with Gasteiger partial charge in [-0.3, -0.25) is 9.59 Å². The van der Waals surface area contributed by atoms with E-state index >= 15 is 0 Å². The third-order valence-corrected chi connectivity index (χ3v) is 4.27. The van der Waals surface area contributed by atoms with E-state index < -0.39 is 0 Å². The van der Waals surface area contributed by atoms with Gasteiger partial charge in [-0.05, 0) is 48.4 Å². The van der Waals surface area contributed by atoms with E-state index in [0.717, 1.165) is 11.3 Å². The minimum Gasteiger partial charge on any atom is -0.352 e. The Balaban J connectivity index is 1.37. The van der Waals surface area contributed by atoms with Gasteiger partial charge in [0.2, 0.25) is 5.91 Å². The molecule has 3 aromatic rings. The van der Waals surface area contributed by atoms with Gasteiger partial charge in [-0.1, -0.05) is 23.7 Å². The topological polar surface area (TPSA) is 88.9 Å². The van der Waals surface area contributed by atoms with Crippen LogP contribution < -0.4 is 10.6 Å². The van der Waals surface area contributed by atoms with Crippen molar-refractivity contribution in [3.63, 3.8) is 0 Å². The number of halogens is 1. The van der Waals surface area contributed by atoms with Gasteiger partial charge in [-0.15, -0.1) is 0 Å². The maximum Gasteiger partial charge on any atom is 0.251 e. The van der Waals surface area contributed by atoms with Crippen LogP contribution in [0.25, 0.3) is 0 Å². The standard InChI is InChI=1S/C20H20ClN5O2/c21-17-7-5-16(6-8-17)20(28)23-11-1-2-19(27)25-18-9-3-15(4-10-18)12-26-14-22-13-24-26/h3-10,13-14H,1-2,11-12H2,(H,23,28)(H,25,27). The molecule has 1 aromatic heterocycles. The Kier molecular flexibility index (Phi) is 6.75. The first-order valence-electron chi connectivity index (χ1n) is 8.85. The molecule has 0 saturated carbocycles. The Labute approximate surface area is 167 Å². The van der Waals surface area contributed by atoms with E-state index in [1.165, 1.54) is 6.33 Å². The maximum atomic E-state index is 12.0. The number of aromatic nitrogens is 3. The van der Waals surface area contributed by atoms with Gasteiger partial charge < -0.3 is 10.6 Å². The molecule has 0 aliphatic rings. The zero-order valence-corrected chi connectivity index (χ0v) is 15.9. The zero-order valence-electron chi connectivity index (χ0n) is 15.1. The molecule has 2 amide bonds. The molecule has 2 aromatic carbocycles. The second-order valence-electron chi connectivity index (χ2n) is 6.20. The summed E-state index contributed by atoms with van der Waals surface area (Å²) in [6.45, 7) is 1.05. The van der Waals surface area contributed by atoms with Crippen LogP contribution in [0.2, 0.25) is 5.02 Å². The third kappa shape index (κ3) is 5.92. The molecule has 3 rings (SSSR count). The average molecular weight is 398 g/mol. The molecule has 0 radical (unpaired) electrons. The summed E-state index contributed by atoms with van der Waals surface area (Å²) in [4.78, 5) is 27.9. The molecule has 144 valence electrons. The first-order valence-corrected chi connectivity index (χ1v) is 9.23. The van der Waals surface area contributed by atoms with Crippen molar-refractivity contribution in [2.75, 3.05) is 11.9 Å². The van der Waals surface area contributed by atoms with Crippen LogP contribution in [0.5, 0.6) is 0 Å². The second kappa shape index (κ2) is 9.66. The summed E-state index contributed by atoms with van der Waals surface area (Å²) < 4.78 is 1.73. The number of nitrogens with one attached hydrogen (secondary N) is 2. The molecule has 0 spiro atoms. The number of anilines is 1. The Morgan fingerprint density at radius 3 is 2.46 bits per heavy atom. The minimum absolute atomic E-state index is 0.0928. The van der Waals surface area contributed by atoms with E-state index in [-0.39, 0.29) is 11.8 Å². The molecule has 0 atom stereocenters. The molecule has 0 fully saturated rings. The van der Waals surface area contributed by atoms with Gasteiger partial charge in [-0.25, -0.2) is 9.67 Å². The Hall–Kier alpha value is -3.19. The van der Waals surface area contributed by atoms with E-state index in [1.807, 2.05) is 24.3 Å². The van der Waals surface area contributed by atoms with Crippen molar-refractivity contribution >= 4 is 29.1 Å². The van der Waals surface area contributed by atoms with Crippen molar-refractivity contribution in [2.24, 2.45) is 0 Å². The summed E-state index contributed by atoms with van der Waals surface area (Å²) in [6.07, 6.45) is 4.02. The monoisotopic (exact) mass is 397 g/mol. The van der Waals surface area contributed by atoms with Crippen LogP contribution in [0.3, 0.4) is 0 Å². The molecule has 0 saturated heterocycles. The van der Waals surface area contributed by atoms with E-state index in [0.29, 0.717) is 36.5 Å². The molecule has 0 aliphatic heterocycles. The summed E-state index contributed by atoms with van der Waals surface area (Å²) in [6, 6.07) is 14.2. The summed E-state index contributed by atoms with van der Waals surface area (Å²) in [5, 5.41) is 10.3. The predicted molar refractivity (Wildman–Crippen MR) is 107 cm³/mol. The van der Waals surface area contributed by atoms with Crippen molar-refractivity contribution in [2.45, 2.75) is 19.4 Å². The van der Waals surface area contributed by atoms with Crippen molar-refractivity contribution in [1.29, 1.82) is 0 Å². The molecule has 8 heteroatoms. The fourth-order valence-electron chi connectivity index (χ4n) is 2.57.